The number of rotatable bonds is 4. The van der Waals surface area contributed by atoms with Crippen LogP contribution < -0.4 is 11.2 Å². The Morgan fingerprint density at radius 3 is 2.48 bits per heavy atom. The maximum atomic E-state index is 12.5. The van der Waals surface area contributed by atoms with Crippen LogP contribution in [0.25, 0.3) is 10.9 Å². The predicted octanol–water partition coefficient (Wildman–Crippen LogP) is 3.79. The number of hydrogen-bond acceptors (Lipinski definition) is 3. The van der Waals surface area contributed by atoms with Crippen molar-refractivity contribution in [3.05, 3.63) is 45.1 Å². The van der Waals surface area contributed by atoms with Crippen molar-refractivity contribution < 1.29 is 0 Å². The first kappa shape index (κ1) is 16.7. The first-order valence-electron chi connectivity index (χ1n) is 6.36. The average molecular weight is 368 g/mol. The van der Waals surface area contributed by atoms with Gasteiger partial charge < -0.3 is 0 Å². The molecule has 0 spiro atoms. The third-order valence-corrected chi connectivity index (χ3v) is 4.30. The molecule has 0 amide bonds. The van der Waals surface area contributed by atoms with Crippen LogP contribution in [0.4, 0.5) is 0 Å². The standard InChI is InChI=1S/C13H13Cl3N2O2S/c1-2-3-8-17-11(19)9-6-4-5-7-10(9)18(12(17)20)21-13(14,15)16/h4-7H,2-3,8H2,1H3. The predicted molar refractivity (Wildman–Crippen MR) is 90.7 cm³/mol. The van der Waals surface area contributed by atoms with Crippen LogP contribution in [0.5, 0.6) is 0 Å². The molecule has 0 saturated carbocycles. The number of hydrogen-bond donors (Lipinski definition) is 0. The largest absolute Gasteiger partial charge is 0.341 e. The van der Waals surface area contributed by atoms with Gasteiger partial charge in [0.05, 0.1) is 10.9 Å². The van der Waals surface area contributed by atoms with Crippen LogP contribution >= 0.6 is 46.8 Å². The molecule has 21 heavy (non-hydrogen) atoms. The summed E-state index contributed by atoms with van der Waals surface area (Å²) >= 11 is 18.1. The van der Waals surface area contributed by atoms with Gasteiger partial charge in [-0.05, 0) is 18.6 Å². The number of unbranched alkanes of at least 4 members (excludes halogenated alkanes) is 1. The minimum atomic E-state index is -1.69. The molecule has 0 radical (unpaired) electrons. The quantitative estimate of drug-likeness (QED) is 0.772. The van der Waals surface area contributed by atoms with E-state index in [1.807, 2.05) is 6.92 Å². The van der Waals surface area contributed by atoms with Crippen molar-refractivity contribution in [3.8, 4) is 0 Å². The van der Waals surface area contributed by atoms with Gasteiger partial charge in [0.15, 0.2) is 0 Å². The van der Waals surface area contributed by atoms with Gasteiger partial charge in [-0.2, -0.15) is 0 Å². The van der Waals surface area contributed by atoms with Crippen molar-refractivity contribution in [1.29, 1.82) is 0 Å². The summed E-state index contributed by atoms with van der Waals surface area (Å²) in [5.41, 5.74) is -0.356. The van der Waals surface area contributed by atoms with E-state index in [0.717, 1.165) is 24.8 Å². The fourth-order valence-corrected chi connectivity index (χ4v) is 3.24. The molecule has 1 heterocycles. The van der Waals surface area contributed by atoms with Crippen molar-refractivity contribution in [1.82, 2.24) is 8.54 Å². The highest BCUT2D eigenvalue weighted by atomic mass is 35.6. The van der Waals surface area contributed by atoms with Gasteiger partial charge in [0.25, 0.3) is 8.68 Å². The summed E-state index contributed by atoms with van der Waals surface area (Å²) in [6.45, 7) is 2.33. The molecule has 0 saturated heterocycles. The minimum absolute atomic E-state index is 0.315. The number of fused-ring (bicyclic) bond motifs is 1. The molecule has 0 unspecified atom stereocenters. The van der Waals surface area contributed by atoms with E-state index in [4.69, 9.17) is 34.8 Å². The summed E-state index contributed by atoms with van der Waals surface area (Å²) in [7, 11) is 0. The number of nitrogens with zero attached hydrogens (tertiary/aromatic N) is 2. The lowest BCUT2D eigenvalue weighted by molar-refractivity contribution is 0.585. The Morgan fingerprint density at radius 2 is 1.86 bits per heavy atom. The highest BCUT2D eigenvalue weighted by Gasteiger charge is 2.25. The van der Waals surface area contributed by atoms with Crippen LogP contribution in [0, 0.1) is 0 Å². The second kappa shape index (κ2) is 6.65. The molecule has 0 bridgehead atoms. The van der Waals surface area contributed by atoms with Crippen LogP contribution in [0.3, 0.4) is 0 Å². The van der Waals surface area contributed by atoms with Gasteiger partial charge >= 0.3 is 5.69 Å². The fourth-order valence-electron chi connectivity index (χ4n) is 1.98. The maximum absolute atomic E-state index is 12.5. The maximum Gasteiger partial charge on any atom is 0.341 e. The van der Waals surface area contributed by atoms with Crippen LogP contribution in [-0.2, 0) is 6.54 Å². The van der Waals surface area contributed by atoms with Gasteiger partial charge in [0.1, 0.15) is 0 Å². The topological polar surface area (TPSA) is 44.0 Å². The van der Waals surface area contributed by atoms with Gasteiger partial charge in [-0.3, -0.25) is 9.36 Å². The number of halogens is 3. The summed E-state index contributed by atoms with van der Waals surface area (Å²) in [5.74, 6) is 0. The second-order valence-corrected chi connectivity index (χ2v) is 8.56. The summed E-state index contributed by atoms with van der Waals surface area (Å²) in [5, 5.41) is 0.426. The number of aromatic nitrogens is 2. The van der Waals surface area contributed by atoms with E-state index in [2.05, 4.69) is 0 Å². The molecule has 1 aromatic heterocycles. The summed E-state index contributed by atoms with van der Waals surface area (Å²) < 4.78 is 0.758. The minimum Gasteiger partial charge on any atom is -0.268 e. The summed E-state index contributed by atoms with van der Waals surface area (Å²) in [6, 6.07) is 6.79. The van der Waals surface area contributed by atoms with Crippen LogP contribution in [0.15, 0.2) is 33.9 Å². The number of para-hydroxylation sites is 1. The molecule has 0 aliphatic rings. The molecule has 8 heteroatoms. The molecule has 0 N–H and O–H groups in total. The van der Waals surface area contributed by atoms with Gasteiger partial charge in [0, 0.05) is 18.5 Å². The zero-order valence-electron chi connectivity index (χ0n) is 11.2. The van der Waals surface area contributed by atoms with E-state index in [9.17, 15) is 9.59 Å². The molecule has 1 aromatic carbocycles. The second-order valence-electron chi connectivity index (χ2n) is 4.44. The van der Waals surface area contributed by atoms with E-state index >= 15 is 0 Å². The molecular formula is C13H13Cl3N2O2S. The van der Waals surface area contributed by atoms with Gasteiger partial charge in [-0.15, -0.1) is 0 Å². The Hall–Kier alpha value is -0.620. The van der Waals surface area contributed by atoms with E-state index in [0.29, 0.717) is 17.4 Å². The average Bonchev–Trinajstić information content (AvgIpc) is 2.42. The summed E-state index contributed by atoms with van der Waals surface area (Å²) in [6.07, 6.45) is 1.60. The van der Waals surface area contributed by atoms with Gasteiger partial charge in [-0.25, -0.2) is 8.77 Å². The SMILES string of the molecule is CCCCn1c(=O)c2ccccc2n(SC(Cl)(Cl)Cl)c1=O. The monoisotopic (exact) mass is 366 g/mol. The van der Waals surface area contributed by atoms with Crippen molar-refractivity contribution in [3.63, 3.8) is 0 Å². The smallest absolute Gasteiger partial charge is 0.268 e. The molecule has 114 valence electrons. The lowest BCUT2D eigenvalue weighted by atomic mass is 10.2. The van der Waals surface area contributed by atoms with Crippen molar-refractivity contribution in [2.24, 2.45) is 0 Å². The molecule has 0 atom stereocenters. The first-order chi connectivity index (χ1) is 9.85. The molecule has 4 nitrogen and oxygen atoms in total. The zero-order valence-corrected chi connectivity index (χ0v) is 14.3. The van der Waals surface area contributed by atoms with Crippen LogP contribution in [0.2, 0.25) is 0 Å². The normalized spacial score (nSPS) is 12.0. The van der Waals surface area contributed by atoms with Crippen molar-refractivity contribution in [2.45, 2.75) is 29.4 Å². The van der Waals surface area contributed by atoms with Crippen LogP contribution in [-0.4, -0.2) is 11.7 Å². The Bertz CT molecular complexity index is 765. The van der Waals surface area contributed by atoms with Gasteiger partial charge in [-0.1, -0.05) is 60.3 Å². The van der Waals surface area contributed by atoms with Gasteiger partial charge in [0.2, 0.25) is 0 Å². The molecule has 0 fully saturated rings. The lowest BCUT2D eigenvalue weighted by Crippen LogP contribution is -2.39. The molecule has 2 aromatic rings. The Labute approximate surface area is 140 Å². The lowest BCUT2D eigenvalue weighted by Gasteiger charge is -2.16. The van der Waals surface area contributed by atoms with E-state index in [1.54, 1.807) is 24.3 Å². The Morgan fingerprint density at radius 1 is 1.19 bits per heavy atom. The number of alkyl halides is 3. The first-order valence-corrected chi connectivity index (χ1v) is 8.26. The highest BCUT2D eigenvalue weighted by Crippen LogP contribution is 2.39. The highest BCUT2D eigenvalue weighted by molar-refractivity contribution is 8.03. The van der Waals surface area contributed by atoms with Crippen molar-refractivity contribution in [2.75, 3.05) is 0 Å². The molecule has 0 aliphatic carbocycles. The molecule has 0 aliphatic heterocycles. The Kier molecular flexibility index (Phi) is 5.30. The fraction of sp³-hybridized carbons (Fsp3) is 0.385. The van der Waals surface area contributed by atoms with E-state index < -0.39 is 8.81 Å². The van der Waals surface area contributed by atoms with E-state index in [1.165, 1.54) is 8.54 Å². The molecule has 2 rings (SSSR count). The summed E-state index contributed by atoms with van der Waals surface area (Å²) in [4.78, 5) is 24.9. The third-order valence-electron chi connectivity index (χ3n) is 2.93. The third kappa shape index (κ3) is 3.77. The zero-order chi connectivity index (χ0) is 15.6. The van der Waals surface area contributed by atoms with Crippen molar-refractivity contribution >= 4 is 57.7 Å². The molecular weight excluding hydrogens is 355 g/mol. The van der Waals surface area contributed by atoms with Crippen LogP contribution in [0.1, 0.15) is 19.8 Å². The number of benzene rings is 1. The Balaban J connectivity index is 2.76. The van der Waals surface area contributed by atoms with E-state index in [-0.39, 0.29) is 5.56 Å².